The number of amides is 1. The zero-order valence-electron chi connectivity index (χ0n) is 8.90. The van der Waals surface area contributed by atoms with Crippen LogP contribution in [0.2, 0.25) is 0 Å². The summed E-state index contributed by atoms with van der Waals surface area (Å²) in [5.74, 6) is -0.583. The SMILES string of the molecule is Cc1ccc(S(=O)(=O)NC(=O)[C@H](C)Br)cc1. The van der Waals surface area contributed by atoms with Crippen LogP contribution in [-0.4, -0.2) is 19.2 Å². The Bertz CT molecular complexity index is 479. The standard InChI is InChI=1S/C10H12BrNO3S/c1-7-3-5-9(6-4-7)16(14,15)12-10(13)8(2)11/h3-6,8H,1-2H3,(H,12,13)/t8-/m0/s1. The van der Waals surface area contributed by atoms with Gasteiger partial charge in [0.05, 0.1) is 9.72 Å². The number of aryl methyl sites for hydroxylation is 1. The lowest BCUT2D eigenvalue weighted by Crippen LogP contribution is -2.34. The first-order valence-electron chi connectivity index (χ1n) is 4.60. The van der Waals surface area contributed by atoms with E-state index in [2.05, 4.69) is 15.9 Å². The van der Waals surface area contributed by atoms with Crippen molar-refractivity contribution < 1.29 is 13.2 Å². The summed E-state index contributed by atoms with van der Waals surface area (Å²) in [7, 11) is -3.75. The van der Waals surface area contributed by atoms with Gasteiger partial charge in [-0.05, 0) is 26.0 Å². The largest absolute Gasteiger partial charge is 0.273 e. The molecule has 1 amide bonds. The highest BCUT2D eigenvalue weighted by molar-refractivity contribution is 9.10. The summed E-state index contributed by atoms with van der Waals surface area (Å²) in [6.07, 6.45) is 0. The molecule has 0 spiro atoms. The van der Waals surface area contributed by atoms with Crippen molar-refractivity contribution in [2.24, 2.45) is 0 Å². The molecule has 0 aliphatic heterocycles. The van der Waals surface area contributed by atoms with E-state index in [-0.39, 0.29) is 4.90 Å². The van der Waals surface area contributed by atoms with Gasteiger partial charge in [-0.2, -0.15) is 0 Å². The summed E-state index contributed by atoms with van der Waals surface area (Å²) in [5.41, 5.74) is 0.958. The molecular formula is C10H12BrNO3S. The number of halogens is 1. The molecule has 6 heteroatoms. The van der Waals surface area contributed by atoms with Crippen molar-refractivity contribution in [3.8, 4) is 0 Å². The van der Waals surface area contributed by atoms with Gasteiger partial charge in [0.1, 0.15) is 0 Å². The van der Waals surface area contributed by atoms with Crippen molar-refractivity contribution in [3.05, 3.63) is 29.8 Å². The third-order valence-corrected chi connectivity index (χ3v) is 3.71. The maximum Gasteiger partial charge on any atom is 0.264 e. The predicted octanol–water partition coefficient (Wildman–Crippen LogP) is 1.58. The van der Waals surface area contributed by atoms with E-state index in [1.54, 1.807) is 19.1 Å². The van der Waals surface area contributed by atoms with E-state index in [1.165, 1.54) is 12.1 Å². The number of benzene rings is 1. The van der Waals surface area contributed by atoms with Crippen molar-refractivity contribution >= 4 is 31.9 Å². The average Bonchev–Trinajstić information content (AvgIpc) is 2.17. The highest BCUT2D eigenvalue weighted by Crippen LogP contribution is 2.10. The van der Waals surface area contributed by atoms with E-state index in [0.29, 0.717) is 0 Å². The number of alkyl halides is 1. The predicted molar refractivity (Wildman–Crippen MR) is 64.9 cm³/mol. The summed E-state index contributed by atoms with van der Waals surface area (Å²) in [6, 6.07) is 6.28. The fourth-order valence-corrected chi connectivity index (χ4v) is 2.31. The van der Waals surface area contributed by atoms with Gasteiger partial charge >= 0.3 is 0 Å². The number of carbonyl (C=O) groups excluding carboxylic acids is 1. The van der Waals surface area contributed by atoms with E-state index in [4.69, 9.17) is 0 Å². The van der Waals surface area contributed by atoms with Gasteiger partial charge in [0.2, 0.25) is 5.91 Å². The van der Waals surface area contributed by atoms with Gasteiger partial charge in [-0.3, -0.25) is 4.79 Å². The van der Waals surface area contributed by atoms with Gasteiger partial charge in [-0.15, -0.1) is 0 Å². The maximum atomic E-state index is 11.7. The van der Waals surface area contributed by atoms with Crippen LogP contribution >= 0.6 is 15.9 Å². The molecule has 0 bridgehead atoms. The summed E-state index contributed by atoms with van der Waals surface area (Å²) in [4.78, 5) is 10.8. The molecule has 0 fully saturated rings. The van der Waals surface area contributed by atoms with Crippen LogP contribution in [0.15, 0.2) is 29.2 Å². The van der Waals surface area contributed by atoms with Crippen molar-refractivity contribution in [2.75, 3.05) is 0 Å². The molecule has 0 heterocycles. The Kier molecular flexibility index (Phi) is 4.09. The number of sulfonamides is 1. The first kappa shape index (κ1) is 13.2. The second-order valence-corrected chi connectivity index (χ2v) is 6.45. The minimum Gasteiger partial charge on any atom is -0.273 e. The molecule has 0 aliphatic carbocycles. The molecule has 16 heavy (non-hydrogen) atoms. The van der Waals surface area contributed by atoms with Crippen LogP contribution < -0.4 is 4.72 Å². The molecule has 0 unspecified atom stereocenters. The molecular weight excluding hydrogens is 294 g/mol. The minimum absolute atomic E-state index is 0.0830. The van der Waals surface area contributed by atoms with Gasteiger partial charge in [0, 0.05) is 0 Å². The van der Waals surface area contributed by atoms with Crippen LogP contribution in [0.1, 0.15) is 12.5 Å². The van der Waals surface area contributed by atoms with Gasteiger partial charge < -0.3 is 0 Å². The lowest BCUT2D eigenvalue weighted by Gasteiger charge is -2.08. The Labute approximate surface area is 103 Å². The van der Waals surface area contributed by atoms with Gasteiger partial charge in [0.15, 0.2) is 0 Å². The molecule has 4 nitrogen and oxygen atoms in total. The molecule has 0 saturated carbocycles. The van der Waals surface area contributed by atoms with Crippen LogP contribution in [0.25, 0.3) is 0 Å². The molecule has 0 aliphatic rings. The Morgan fingerprint density at radius 3 is 2.25 bits per heavy atom. The average molecular weight is 306 g/mol. The second-order valence-electron chi connectivity index (χ2n) is 3.40. The molecule has 1 rings (SSSR count). The first-order valence-corrected chi connectivity index (χ1v) is 7.00. The van der Waals surface area contributed by atoms with E-state index >= 15 is 0 Å². The number of rotatable bonds is 3. The second kappa shape index (κ2) is 4.97. The number of hydrogen-bond acceptors (Lipinski definition) is 3. The van der Waals surface area contributed by atoms with Crippen LogP contribution in [-0.2, 0) is 14.8 Å². The van der Waals surface area contributed by atoms with Crippen LogP contribution in [0.4, 0.5) is 0 Å². The summed E-state index contributed by atoms with van der Waals surface area (Å²) in [5, 5.41) is 0. The Balaban J connectivity index is 2.95. The van der Waals surface area contributed by atoms with Crippen LogP contribution in [0, 0.1) is 6.92 Å². The summed E-state index contributed by atoms with van der Waals surface area (Å²) >= 11 is 3.00. The van der Waals surface area contributed by atoms with Gasteiger partial charge in [-0.1, -0.05) is 33.6 Å². The van der Waals surface area contributed by atoms with E-state index in [9.17, 15) is 13.2 Å². The van der Waals surface area contributed by atoms with Crippen molar-refractivity contribution in [2.45, 2.75) is 23.6 Å². The summed E-state index contributed by atoms with van der Waals surface area (Å²) < 4.78 is 25.4. The zero-order chi connectivity index (χ0) is 12.3. The van der Waals surface area contributed by atoms with E-state index in [0.717, 1.165) is 5.56 Å². The highest BCUT2D eigenvalue weighted by Gasteiger charge is 2.19. The normalized spacial score (nSPS) is 13.2. The Morgan fingerprint density at radius 2 is 1.81 bits per heavy atom. The quantitative estimate of drug-likeness (QED) is 0.863. The number of hydrogen-bond donors (Lipinski definition) is 1. The minimum atomic E-state index is -3.75. The lowest BCUT2D eigenvalue weighted by molar-refractivity contribution is -0.118. The fourth-order valence-electron chi connectivity index (χ4n) is 0.990. The smallest absolute Gasteiger partial charge is 0.264 e. The summed E-state index contributed by atoms with van der Waals surface area (Å²) in [6.45, 7) is 3.41. The third-order valence-electron chi connectivity index (χ3n) is 1.93. The Morgan fingerprint density at radius 1 is 1.31 bits per heavy atom. The molecule has 1 aromatic rings. The lowest BCUT2D eigenvalue weighted by atomic mass is 10.2. The van der Waals surface area contributed by atoms with Crippen molar-refractivity contribution in [1.29, 1.82) is 0 Å². The van der Waals surface area contributed by atoms with Crippen LogP contribution in [0.5, 0.6) is 0 Å². The van der Waals surface area contributed by atoms with Crippen molar-refractivity contribution in [1.82, 2.24) is 4.72 Å². The fraction of sp³-hybridized carbons (Fsp3) is 0.300. The topological polar surface area (TPSA) is 63.2 Å². The van der Waals surface area contributed by atoms with Crippen LogP contribution in [0.3, 0.4) is 0 Å². The molecule has 1 aromatic carbocycles. The molecule has 0 saturated heterocycles. The molecule has 1 atom stereocenters. The van der Waals surface area contributed by atoms with Gasteiger partial charge in [0.25, 0.3) is 10.0 Å². The Hall–Kier alpha value is -0.880. The first-order chi connectivity index (χ1) is 7.33. The molecule has 1 N–H and O–H groups in total. The molecule has 0 aromatic heterocycles. The van der Waals surface area contributed by atoms with E-state index < -0.39 is 20.8 Å². The monoisotopic (exact) mass is 305 g/mol. The molecule has 88 valence electrons. The van der Waals surface area contributed by atoms with E-state index in [1.807, 2.05) is 11.6 Å². The highest BCUT2D eigenvalue weighted by atomic mass is 79.9. The maximum absolute atomic E-state index is 11.7. The molecule has 0 radical (unpaired) electrons. The third kappa shape index (κ3) is 3.31. The number of nitrogens with one attached hydrogen (secondary N) is 1. The zero-order valence-corrected chi connectivity index (χ0v) is 11.3. The van der Waals surface area contributed by atoms with Gasteiger partial charge in [-0.25, -0.2) is 13.1 Å². The number of carbonyl (C=O) groups is 1. The van der Waals surface area contributed by atoms with Crippen molar-refractivity contribution in [3.63, 3.8) is 0 Å².